The third kappa shape index (κ3) is 2.54. The van der Waals surface area contributed by atoms with Crippen molar-refractivity contribution >= 4 is 11.9 Å². The lowest BCUT2D eigenvalue weighted by Gasteiger charge is -2.23. The molecule has 0 saturated carbocycles. The highest BCUT2D eigenvalue weighted by atomic mass is 16.4. The van der Waals surface area contributed by atoms with Gasteiger partial charge in [-0.2, -0.15) is 0 Å². The molecule has 1 atom stereocenters. The van der Waals surface area contributed by atoms with E-state index in [1.807, 2.05) is 19.1 Å². The van der Waals surface area contributed by atoms with Crippen molar-refractivity contribution in [1.29, 1.82) is 0 Å². The lowest BCUT2D eigenvalue weighted by atomic mass is 9.84. The molecule has 1 amide bonds. The van der Waals surface area contributed by atoms with E-state index >= 15 is 0 Å². The van der Waals surface area contributed by atoms with Crippen LogP contribution >= 0.6 is 0 Å². The standard InChI is InChI=1S/C15H20N2O3/c1-2-15(14(19)20)7-8-17(10-15)13(18)12-5-3-11(9-16)4-6-12/h3-6H,2,7-10,16H2,1H3,(H,19,20). The smallest absolute Gasteiger partial charge is 0.311 e. The Morgan fingerprint density at radius 2 is 2.00 bits per heavy atom. The van der Waals surface area contributed by atoms with Crippen molar-refractivity contribution in [3.05, 3.63) is 35.4 Å². The molecule has 1 aliphatic heterocycles. The number of amides is 1. The Morgan fingerprint density at radius 3 is 2.45 bits per heavy atom. The zero-order valence-electron chi connectivity index (χ0n) is 11.6. The van der Waals surface area contributed by atoms with Crippen LogP contribution in [0.5, 0.6) is 0 Å². The fraction of sp³-hybridized carbons (Fsp3) is 0.467. The highest BCUT2D eigenvalue weighted by molar-refractivity contribution is 5.95. The van der Waals surface area contributed by atoms with Gasteiger partial charge in [0.15, 0.2) is 0 Å². The summed E-state index contributed by atoms with van der Waals surface area (Å²) < 4.78 is 0. The van der Waals surface area contributed by atoms with Gasteiger partial charge in [0.1, 0.15) is 0 Å². The first kappa shape index (κ1) is 14.5. The summed E-state index contributed by atoms with van der Waals surface area (Å²) in [4.78, 5) is 25.4. The Hall–Kier alpha value is -1.88. The molecule has 1 aromatic carbocycles. The minimum Gasteiger partial charge on any atom is -0.481 e. The van der Waals surface area contributed by atoms with E-state index in [0.29, 0.717) is 31.5 Å². The van der Waals surface area contributed by atoms with Crippen LogP contribution in [-0.4, -0.2) is 35.0 Å². The molecule has 1 unspecified atom stereocenters. The summed E-state index contributed by atoms with van der Waals surface area (Å²) in [5.41, 5.74) is 6.29. The van der Waals surface area contributed by atoms with Crippen molar-refractivity contribution in [2.45, 2.75) is 26.3 Å². The largest absolute Gasteiger partial charge is 0.481 e. The molecule has 0 radical (unpaired) electrons. The van der Waals surface area contributed by atoms with Gasteiger partial charge in [-0.1, -0.05) is 19.1 Å². The molecule has 2 rings (SSSR count). The predicted octanol–water partition coefficient (Wildman–Crippen LogP) is 1.47. The number of hydrogen-bond donors (Lipinski definition) is 2. The second kappa shape index (κ2) is 5.63. The molecule has 3 N–H and O–H groups in total. The Kier molecular flexibility index (Phi) is 4.09. The van der Waals surface area contributed by atoms with Gasteiger partial charge in [-0.15, -0.1) is 0 Å². The molecule has 1 heterocycles. The molecule has 0 aliphatic carbocycles. The van der Waals surface area contributed by atoms with Crippen molar-refractivity contribution in [3.63, 3.8) is 0 Å². The number of hydrogen-bond acceptors (Lipinski definition) is 3. The van der Waals surface area contributed by atoms with Gasteiger partial charge >= 0.3 is 5.97 Å². The molecule has 1 aliphatic rings. The summed E-state index contributed by atoms with van der Waals surface area (Å²) in [6, 6.07) is 7.15. The van der Waals surface area contributed by atoms with Gasteiger partial charge in [0.25, 0.3) is 5.91 Å². The lowest BCUT2D eigenvalue weighted by Crippen LogP contribution is -2.36. The maximum atomic E-state index is 12.4. The Bertz CT molecular complexity index is 512. The summed E-state index contributed by atoms with van der Waals surface area (Å²) in [5.74, 6) is -0.918. The van der Waals surface area contributed by atoms with E-state index in [0.717, 1.165) is 5.56 Å². The normalized spacial score (nSPS) is 22.0. The van der Waals surface area contributed by atoms with E-state index in [2.05, 4.69) is 0 Å². The van der Waals surface area contributed by atoms with Crippen molar-refractivity contribution in [2.75, 3.05) is 13.1 Å². The summed E-state index contributed by atoms with van der Waals surface area (Å²) in [7, 11) is 0. The second-order valence-electron chi connectivity index (χ2n) is 5.32. The van der Waals surface area contributed by atoms with E-state index in [4.69, 9.17) is 5.73 Å². The second-order valence-corrected chi connectivity index (χ2v) is 5.32. The average Bonchev–Trinajstić information content (AvgIpc) is 2.92. The maximum Gasteiger partial charge on any atom is 0.311 e. The van der Waals surface area contributed by atoms with Crippen LogP contribution in [0.15, 0.2) is 24.3 Å². The van der Waals surface area contributed by atoms with Gasteiger partial charge in [0, 0.05) is 25.2 Å². The number of carbonyl (C=O) groups excluding carboxylic acids is 1. The molecule has 1 saturated heterocycles. The van der Waals surface area contributed by atoms with Gasteiger partial charge in [0.05, 0.1) is 5.41 Å². The lowest BCUT2D eigenvalue weighted by molar-refractivity contribution is -0.148. The zero-order chi connectivity index (χ0) is 14.8. The third-order valence-corrected chi connectivity index (χ3v) is 4.21. The molecule has 1 fully saturated rings. The Balaban J connectivity index is 2.12. The zero-order valence-corrected chi connectivity index (χ0v) is 11.6. The summed E-state index contributed by atoms with van der Waals surface area (Å²) >= 11 is 0. The van der Waals surface area contributed by atoms with Crippen LogP contribution in [0.1, 0.15) is 35.7 Å². The minimum atomic E-state index is -0.811. The monoisotopic (exact) mass is 276 g/mol. The molecular formula is C15H20N2O3. The van der Waals surface area contributed by atoms with Crippen molar-refractivity contribution < 1.29 is 14.7 Å². The van der Waals surface area contributed by atoms with Gasteiger partial charge in [-0.05, 0) is 30.5 Å². The number of carboxylic acids is 1. The van der Waals surface area contributed by atoms with Crippen LogP contribution < -0.4 is 5.73 Å². The highest BCUT2D eigenvalue weighted by Gasteiger charge is 2.44. The van der Waals surface area contributed by atoms with Crippen molar-refractivity contribution in [1.82, 2.24) is 4.90 Å². The molecule has 5 nitrogen and oxygen atoms in total. The molecular weight excluding hydrogens is 256 g/mol. The Morgan fingerprint density at radius 1 is 1.35 bits per heavy atom. The fourth-order valence-electron chi connectivity index (χ4n) is 2.63. The van der Waals surface area contributed by atoms with Crippen LogP contribution in [0, 0.1) is 5.41 Å². The fourth-order valence-corrected chi connectivity index (χ4v) is 2.63. The number of benzene rings is 1. The topological polar surface area (TPSA) is 83.6 Å². The summed E-state index contributed by atoms with van der Waals surface area (Å²) in [6.45, 7) is 3.09. The molecule has 5 heteroatoms. The number of nitrogens with two attached hydrogens (primary N) is 1. The van der Waals surface area contributed by atoms with Crippen molar-refractivity contribution in [3.8, 4) is 0 Å². The SMILES string of the molecule is CCC1(C(=O)O)CCN(C(=O)c2ccc(CN)cc2)C1. The van der Waals surface area contributed by atoms with Crippen molar-refractivity contribution in [2.24, 2.45) is 11.1 Å². The first-order chi connectivity index (χ1) is 9.52. The number of carboxylic acid groups (broad SMARTS) is 1. The maximum absolute atomic E-state index is 12.4. The summed E-state index contributed by atoms with van der Waals surface area (Å²) in [6.07, 6.45) is 1.06. The van der Waals surface area contributed by atoms with E-state index in [1.54, 1.807) is 17.0 Å². The average molecular weight is 276 g/mol. The van der Waals surface area contributed by atoms with E-state index in [9.17, 15) is 14.7 Å². The van der Waals surface area contributed by atoms with Crippen LogP contribution in [0.3, 0.4) is 0 Å². The quantitative estimate of drug-likeness (QED) is 0.872. The molecule has 1 aromatic rings. The minimum absolute atomic E-state index is 0.106. The molecule has 0 bridgehead atoms. The van der Waals surface area contributed by atoms with Gasteiger partial charge in [-0.3, -0.25) is 9.59 Å². The number of nitrogens with zero attached hydrogens (tertiary/aromatic N) is 1. The van der Waals surface area contributed by atoms with Crippen LogP contribution in [0.25, 0.3) is 0 Å². The molecule has 108 valence electrons. The van der Waals surface area contributed by atoms with E-state index < -0.39 is 11.4 Å². The van der Waals surface area contributed by atoms with Crippen LogP contribution in [-0.2, 0) is 11.3 Å². The number of likely N-dealkylation sites (tertiary alicyclic amines) is 1. The molecule has 0 spiro atoms. The van der Waals surface area contributed by atoms with E-state index in [-0.39, 0.29) is 12.5 Å². The third-order valence-electron chi connectivity index (χ3n) is 4.21. The van der Waals surface area contributed by atoms with Gasteiger partial charge in [-0.25, -0.2) is 0 Å². The molecule has 0 aromatic heterocycles. The first-order valence-electron chi connectivity index (χ1n) is 6.84. The number of rotatable bonds is 4. The van der Waals surface area contributed by atoms with Gasteiger partial charge < -0.3 is 15.7 Å². The molecule has 20 heavy (non-hydrogen) atoms. The Labute approximate surface area is 118 Å². The summed E-state index contributed by atoms with van der Waals surface area (Å²) in [5, 5.41) is 9.35. The van der Waals surface area contributed by atoms with Crippen LogP contribution in [0.2, 0.25) is 0 Å². The first-order valence-corrected chi connectivity index (χ1v) is 6.84. The van der Waals surface area contributed by atoms with Crippen LogP contribution in [0.4, 0.5) is 0 Å². The van der Waals surface area contributed by atoms with E-state index in [1.165, 1.54) is 0 Å². The number of aliphatic carboxylic acids is 1. The van der Waals surface area contributed by atoms with Gasteiger partial charge in [0.2, 0.25) is 0 Å². The highest BCUT2D eigenvalue weighted by Crippen LogP contribution is 2.34. The predicted molar refractivity (Wildman–Crippen MR) is 75.2 cm³/mol. The number of carbonyl (C=O) groups is 2.